The van der Waals surface area contributed by atoms with Crippen LogP contribution in [0.1, 0.15) is 40.5 Å². The average Bonchev–Trinajstić information content (AvgIpc) is 2.18. The predicted molar refractivity (Wildman–Crippen MR) is 66.4 cm³/mol. The van der Waals surface area contributed by atoms with Gasteiger partial charge >= 0.3 is 7.12 Å². The lowest BCUT2D eigenvalue weighted by Crippen LogP contribution is -2.41. The lowest BCUT2D eigenvalue weighted by Gasteiger charge is -2.35. The first-order valence-corrected chi connectivity index (χ1v) is 6.89. The SMILES string of the molecule is CC1(C)OB(C2CC(CBr)C2)OC1(C)C. The molecule has 1 aliphatic heterocycles. The summed E-state index contributed by atoms with van der Waals surface area (Å²) in [6, 6.07) is 0. The second-order valence-electron chi connectivity index (χ2n) is 5.88. The Bertz CT molecular complexity index is 233. The van der Waals surface area contributed by atoms with E-state index in [1.165, 1.54) is 12.8 Å². The molecule has 0 unspecified atom stereocenters. The molecule has 2 fully saturated rings. The van der Waals surface area contributed by atoms with Crippen LogP contribution in [0.15, 0.2) is 0 Å². The van der Waals surface area contributed by atoms with Gasteiger partial charge in [-0.3, -0.25) is 0 Å². The fraction of sp³-hybridized carbons (Fsp3) is 1.00. The van der Waals surface area contributed by atoms with Crippen molar-refractivity contribution < 1.29 is 9.31 Å². The Balaban J connectivity index is 1.93. The number of halogens is 1. The molecule has 15 heavy (non-hydrogen) atoms. The number of alkyl halides is 1. The Morgan fingerprint density at radius 1 is 1.13 bits per heavy atom. The van der Waals surface area contributed by atoms with Crippen LogP contribution in [0.3, 0.4) is 0 Å². The molecule has 0 radical (unpaired) electrons. The molecule has 0 bridgehead atoms. The Morgan fingerprint density at radius 3 is 2.00 bits per heavy atom. The molecule has 2 aliphatic rings. The van der Waals surface area contributed by atoms with Gasteiger partial charge in [0.2, 0.25) is 0 Å². The minimum atomic E-state index is -0.169. The van der Waals surface area contributed by atoms with Crippen LogP contribution in [-0.2, 0) is 9.31 Å². The van der Waals surface area contributed by atoms with Crippen molar-refractivity contribution in [2.24, 2.45) is 5.92 Å². The first-order chi connectivity index (χ1) is 6.86. The first kappa shape index (κ1) is 11.9. The van der Waals surface area contributed by atoms with Gasteiger partial charge in [-0.15, -0.1) is 0 Å². The van der Waals surface area contributed by atoms with E-state index in [9.17, 15) is 0 Å². The summed E-state index contributed by atoms with van der Waals surface area (Å²) in [6.45, 7) is 8.47. The molecule has 0 amide bonds. The largest absolute Gasteiger partial charge is 0.461 e. The summed E-state index contributed by atoms with van der Waals surface area (Å²) < 4.78 is 12.0. The molecule has 0 atom stereocenters. The van der Waals surface area contributed by atoms with Crippen molar-refractivity contribution in [3.8, 4) is 0 Å². The Hall–Kier alpha value is 0.465. The maximum atomic E-state index is 6.02. The molecule has 1 saturated carbocycles. The lowest BCUT2D eigenvalue weighted by atomic mass is 9.56. The van der Waals surface area contributed by atoms with Crippen molar-refractivity contribution in [2.75, 3.05) is 5.33 Å². The van der Waals surface area contributed by atoms with E-state index in [-0.39, 0.29) is 18.3 Å². The highest BCUT2D eigenvalue weighted by Crippen LogP contribution is 2.48. The Morgan fingerprint density at radius 2 is 1.60 bits per heavy atom. The molecule has 0 aromatic carbocycles. The standard InChI is InChI=1S/C11H20BBrO2/c1-10(2)11(3,4)15-12(14-10)9-5-8(6-9)7-13/h8-9H,5-7H2,1-4H3. The van der Waals surface area contributed by atoms with Crippen LogP contribution < -0.4 is 0 Å². The molecule has 2 nitrogen and oxygen atoms in total. The van der Waals surface area contributed by atoms with Crippen molar-refractivity contribution in [1.29, 1.82) is 0 Å². The maximum absolute atomic E-state index is 6.02. The summed E-state index contributed by atoms with van der Waals surface area (Å²) in [5.74, 6) is 1.43. The van der Waals surface area contributed by atoms with Crippen LogP contribution in [0, 0.1) is 5.92 Å². The molecular weight excluding hydrogens is 255 g/mol. The van der Waals surface area contributed by atoms with Gasteiger partial charge in [-0.25, -0.2) is 0 Å². The van der Waals surface area contributed by atoms with Crippen molar-refractivity contribution in [2.45, 2.75) is 57.6 Å². The van der Waals surface area contributed by atoms with E-state index in [1.807, 2.05) is 0 Å². The highest BCUT2D eigenvalue weighted by Gasteiger charge is 2.55. The molecule has 0 aromatic rings. The van der Waals surface area contributed by atoms with E-state index >= 15 is 0 Å². The monoisotopic (exact) mass is 274 g/mol. The van der Waals surface area contributed by atoms with Crippen LogP contribution in [0.5, 0.6) is 0 Å². The highest BCUT2D eigenvalue weighted by atomic mass is 79.9. The molecule has 86 valence electrons. The van der Waals surface area contributed by atoms with Crippen LogP contribution >= 0.6 is 15.9 Å². The minimum absolute atomic E-state index is 0.0188. The van der Waals surface area contributed by atoms with Gasteiger partial charge in [0.25, 0.3) is 0 Å². The predicted octanol–water partition coefficient (Wildman–Crippen LogP) is 3.25. The molecule has 2 rings (SSSR count). The summed E-state index contributed by atoms with van der Waals surface area (Å²) in [4.78, 5) is 0. The Kier molecular flexibility index (Phi) is 2.98. The first-order valence-electron chi connectivity index (χ1n) is 5.77. The van der Waals surface area contributed by atoms with Gasteiger partial charge in [-0.1, -0.05) is 15.9 Å². The molecule has 1 aliphatic carbocycles. The quantitative estimate of drug-likeness (QED) is 0.569. The second-order valence-corrected chi connectivity index (χ2v) is 6.52. The zero-order chi connectivity index (χ0) is 11.3. The zero-order valence-electron chi connectivity index (χ0n) is 10.0. The van der Waals surface area contributed by atoms with Gasteiger partial charge in [0, 0.05) is 5.33 Å². The van der Waals surface area contributed by atoms with Crippen LogP contribution in [-0.4, -0.2) is 23.7 Å². The summed E-state index contributed by atoms with van der Waals surface area (Å²) in [5, 5.41) is 1.11. The minimum Gasteiger partial charge on any atom is -0.403 e. The Labute approximate surface area is 101 Å². The van der Waals surface area contributed by atoms with Gasteiger partial charge < -0.3 is 9.31 Å². The third-order valence-electron chi connectivity index (χ3n) is 4.15. The van der Waals surface area contributed by atoms with Crippen molar-refractivity contribution in [1.82, 2.24) is 0 Å². The van der Waals surface area contributed by atoms with Crippen molar-refractivity contribution in [3.05, 3.63) is 0 Å². The molecule has 1 heterocycles. The van der Waals surface area contributed by atoms with Crippen LogP contribution in [0.4, 0.5) is 0 Å². The summed E-state index contributed by atoms with van der Waals surface area (Å²) in [6.07, 6.45) is 2.48. The molecule has 4 heteroatoms. The van der Waals surface area contributed by atoms with Gasteiger partial charge in [0.05, 0.1) is 11.2 Å². The second kappa shape index (κ2) is 3.74. The topological polar surface area (TPSA) is 18.5 Å². The third kappa shape index (κ3) is 2.01. The number of rotatable bonds is 2. The lowest BCUT2D eigenvalue weighted by molar-refractivity contribution is 0.00578. The van der Waals surface area contributed by atoms with E-state index < -0.39 is 0 Å². The number of hydrogen-bond donors (Lipinski definition) is 0. The zero-order valence-corrected chi connectivity index (χ0v) is 11.6. The fourth-order valence-electron chi connectivity index (χ4n) is 2.22. The molecular formula is C11H20BBrO2. The van der Waals surface area contributed by atoms with E-state index in [4.69, 9.17) is 9.31 Å². The smallest absolute Gasteiger partial charge is 0.403 e. The van der Waals surface area contributed by atoms with Crippen molar-refractivity contribution >= 4 is 23.0 Å². The molecule has 0 spiro atoms. The van der Waals surface area contributed by atoms with Gasteiger partial charge in [-0.2, -0.15) is 0 Å². The van der Waals surface area contributed by atoms with E-state index in [0.717, 1.165) is 11.2 Å². The van der Waals surface area contributed by atoms with Crippen LogP contribution in [0.2, 0.25) is 5.82 Å². The fourth-order valence-corrected chi connectivity index (χ4v) is 2.75. The molecule has 0 aromatic heterocycles. The summed E-state index contributed by atoms with van der Waals surface area (Å²) in [5.41, 5.74) is -0.339. The van der Waals surface area contributed by atoms with E-state index in [2.05, 4.69) is 43.6 Å². The summed E-state index contributed by atoms with van der Waals surface area (Å²) in [7, 11) is 0.0188. The average molecular weight is 275 g/mol. The third-order valence-corrected chi connectivity index (χ3v) is 5.06. The summed E-state index contributed by atoms with van der Waals surface area (Å²) >= 11 is 3.53. The van der Waals surface area contributed by atoms with Gasteiger partial charge in [0.15, 0.2) is 0 Å². The van der Waals surface area contributed by atoms with E-state index in [0.29, 0.717) is 5.82 Å². The number of hydrogen-bond acceptors (Lipinski definition) is 2. The van der Waals surface area contributed by atoms with Gasteiger partial charge in [0.1, 0.15) is 0 Å². The normalized spacial score (nSPS) is 37.8. The van der Waals surface area contributed by atoms with Crippen molar-refractivity contribution in [3.63, 3.8) is 0 Å². The highest BCUT2D eigenvalue weighted by molar-refractivity contribution is 9.09. The molecule has 0 N–H and O–H groups in total. The van der Waals surface area contributed by atoms with Gasteiger partial charge in [-0.05, 0) is 52.3 Å². The van der Waals surface area contributed by atoms with Crippen LogP contribution in [0.25, 0.3) is 0 Å². The van der Waals surface area contributed by atoms with E-state index in [1.54, 1.807) is 0 Å². The maximum Gasteiger partial charge on any atom is 0.461 e. The molecule has 1 saturated heterocycles.